The summed E-state index contributed by atoms with van der Waals surface area (Å²) >= 11 is 0. The number of nitrogens with one attached hydrogen (secondary N) is 1. The van der Waals surface area contributed by atoms with Gasteiger partial charge in [0.15, 0.2) is 0 Å². The van der Waals surface area contributed by atoms with Crippen molar-refractivity contribution in [1.29, 1.82) is 0 Å². The maximum Gasteiger partial charge on any atom is 0.222 e. The second-order valence-corrected chi connectivity index (χ2v) is 8.57. The quantitative estimate of drug-likeness (QED) is 0.326. The van der Waals surface area contributed by atoms with E-state index in [0.29, 0.717) is 64.6 Å². The molecule has 0 aromatic rings. The molecule has 0 atom stereocenters. The molecular weight excluding hydrogens is 398 g/mol. The minimum atomic E-state index is 0.0172. The Morgan fingerprint density at radius 1 is 0.806 bits per heavy atom. The fourth-order valence-electron chi connectivity index (χ4n) is 3.80. The molecule has 7 nitrogen and oxygen atoms in total. The fourth-order valence-corrected chi connectivity index (χ4v) is 3.80. The van der Waals surface area contributed by atoms with Crippen LogP contribution in [0.15, 0.2) is 0 Å². The molecule has 0 bridgehead atoms. The first kappa shape index (κ1) is 28.0. The van der Waals surface area contributed by atoms with Gasteiger partial charge in [0.05, 0.1) is 52.4 Å². The summed E-state index contributed by atoms with van der Waals surface area (Å²) in [6.07, 6.45) is 6.27. The number of Topliss-reactive ketones (excluding diaryl/α,β-unsaturated/α-hetero) is 1. The van der Waals surface area contributed by atoms with Gasteiger partial charge < -0.3 is 24.3 Å². The third-order valence-corrected chi connectivity index (χ3v) is 5.77. The van der Waals surface area contributed by atoms with Gasteiger partial charge in [0, 0.05) is 24.3 Å². The van der Waals surface area contributed by atoms with Crippen molar-refractivity contribution < 1.29 is 28.5 Å². The monoisotopic (exact) mass is 443 g/mol. The molecule has 0 unspecified atom stereocenters. The van der Waals surface area contributed by atoms with E-state index in [1.54, 1.807) is 0 Å². The normalized spacial score (nSPS) is 19.2. The number of carbonyl (C=O) groups excluding carboxylic acids is 2. The highest BCUT2D eigenvalue weighted by molar-refractivity contribution is 5.83. The van der Waals surface area contributed by atoms with Crippen LogP contribution in [0.1, 0.15) is 72.6 Å². The van der Waals surface area contributed by atoms with Crippen LogP contribution in [0.5, 0.6) is 0 Å². The Bertz CT molecular complexity index is 473. The number of hydrogen-bond acceptors (Lipinski definition) is 6. The van der Waals surface area contributed by atoms with Crippen molar-refractivity contribution in [2.75, 3.05) is 46.2 Å². The van der Waals surface area contributed by atoms with Gasteiger partial charge in [0.2, 0.25) is 5.91 Å². The predicted molar refractivity (Wildman–Crippen MR) is 121 cm³/mol. The van der Waals surface area contributed by atoms with E-state index in [0.717, 1.165) is 38.5 Å². The standard InChI is InChI=1S/C24H45NO6/c1-5-22(6-2)31-18-17-30-16-15-29-14-13-28-12-11-23(26)25-21-9-7-20(8-10-21)24(27)19(3)4/h19-22H,5-18H2,1-4H3,(H,25,26). The molecule has 0 aromatic heterocycles. The van der Waals surface area contributed by atoms with Gasteiger partial charge in [-0.15, -0.1) is 0 Å². The zero-order valence-electron chi connectivity index (χ0n) is 20.2. The van der Waals surface area contributed by atoms with E-state index in [2.05, 4.69) is 19.2 Å². The Kier molecular flexibility index (Phi) is 15.8. The molecule has 0 radical (unpaired) electrons. The van der Waals surface area contributed by atoms with Crippen molar-refractivity contribution in [3.63, 3.8) is 0 Å². The first-order valence-electron chi connectivity index (χ1n) is 12.2. The Labute approximate surface area is 188 Å². The average molecular weight is 444 g/mol. The zero-order chi connectivity index (χ0) is 22.9. The summed E-state index contributed by atoms with van der Waals surface area (Å²) in [5.41, 5.74) is 0. The largest absolute Gasteiger partial charge is 0.379 e. The Morgan fingerprint density at radius 3 is 1.84 bits per heavy atom. The zero-order valence-corrected chi connectivity index (χ0v) is 20.2. The van der Waals surface area contributed by atoms with Gasteiger partial charge in [0.1, 0.15) is 5.78 Å². The first-order valence-corrected chi connectivity index (χ1v) is 12.2. The van der Waals surface area contributed by atoms with Gasteiger partial charge in [-0.3, -0.25) is 9.59 Å². The molecule has 0 saturated heterocycles. The Balaban J connectivity index is 1.89. The maximum atomic E-state index is 12.1. The summed E-state index contributed by atoms with van der Waals surface area (Å²) in [4.78, 5) is 24.1. The number of ketones is 1. The van der Waals surface area contributed by atoms with Crippen LogP contribution in [0, 0.1) is 11.8 Å². The fraction of sp³-hybridized carbons (Fsp3) is 0.917. The molecular formula is C24H45NO6. The van der Waals surface area contributed by atoms with Gasteiger partial charge >= 0.3 is 0 Å². The molecule has 1 amide bonds. The number of ether oxygens (including phenoxy) is 4. The van der Waals surface area contributed by atoms with Gasteiger partial charge in [-0.1, -0.05) is 27.7 Å². The van der Waals surface area contributed by atoms with Crippen molar-refractivity contribution in [2.45, 2.75) is 84.8 Å². The Hall–Kier alpha value is -1.02. The second-order valence-electron chi connectivity index (χ2n) is 8.57. The van der Waals surface area contributed by atoms with Crippen LogP contribution in [0.2, 0.25) is 0 Å². The lowest BCUT2D eigenvalue weighted by Gasteiger charge is -2.29. The van der Waals surface area contributed by atoms with Gasteiger partial charge in [-0.2, -0.15) is 0 Å². The highest BCUT2D eigenvalue weighted by atomic mass is 16.6. The van der Waals surface area contributed by atoms with Crippen LogP contribution in [-0.2, 0) is 28.5 Å². The molecule has 7 heteroatoms. The second kappa shape index (κ2) is 17.5. The van der Waals surface area contributed by atoms with E-state index in [1.165, 1.54) is 0 Å². The molecule has 0 aliphatic heterocycles. The lowest BCUT2D eigenvalue weighted by atomic mass is 9.80. The lowest BCUT2D eigenvalue weighted by molar-refractivity contribution is -0.127. The van der Waals surface area contributed by atoms with Crippen molar-refractivity contribution in [3.8, 4) is 0 Å². The third-order valence-electron chi connectivity index (χ3n) is 5.77. The van der Waals surface area contributed by atoms with Crippen LogP contribution in [0.3, 0.4) is 0 Å². The van der Waals surface area contributed by atoms with Crippen LogP contribution in [0.4, 0.5) is 0 Å². The van der Waals surface area contributed by atoms with Gasteiger partial charge in [-0.25, -0.2) is 0 Å². The number of rotatable bonds is 18. The van der Waals surface area contributed by atoms with E-state index >= 15 is 0 Å². The van der Waals surface area contributed by atoms with E-state index in [9.17, 15) is 9.59 Å². The molecule has 1 fully saturated rings. The molecule has 1 aliphatic rings. The third kappa shape index (κ3) is 13.2. The van der Waals surface area contributed by atoms with Crippen LogP contribution in [0.25, 0.3) is 0 Å². The summed E-state index contributed by atoms with van der Waals surface area (Å²) in [5.74, 6) is 0.648. The van der Waals surface area contributed by atoms with Crippen LogP contribution in [-0.4, -0.2) is 70.1 Å². The summed E-state index contributed by atoms with van der Waals surface area (Å²) in [6.45, 7) is 11.8. The average Bonchev–Trinajstić information content (AvgIpc) is 2.77. The predicted octanol–water partition coefficient (Wildman–Crippen LogP) is 3.53. The van der Waals surface area contributed by atoms with E-state index in [-0.39, 0.29) is 23.8 Å². The lowest BCUT2D eigenvalue weighted by Crippen LogP contribution is -2.39. The maximum absolute atomic E-state index is 12.1. The van der Waals surface area contributed by atoms with E-state index in [1.807, 2.05) is 13.8 Å². The van der Waals surface area contributed by atoms with Crippen molar-refractivity contribution >= 4 is 11.7 Å². The van der Waals surface area contributed by atoms with Gasteiger partial charge in [0.25, 0.3) is 0 Å². The molecule has 1 aliphatic carbocycles. The highest BCUT2D eigenvalue weighted by Gasteiger charge is 2.28. The number of amides is 1. The summed E-state index contributed by atoms with van der Waals surface area (Å²) in [7, 11) is 0. The Morgan fingerprint density at radius 2 is 1.32 bits per heavy atom. The van der Waals surface area contributed by atoms with E-state index in [4.69, 9.17) is 18.9 Å². The molecule has 31 heavy (non-hydrogen) atoms. The molecule has 0 aromatic carbocycles. The molecule has 0 heterocycles. The summed E-state index contributed by atoms with van der Waals surface area (Å²) in [6, 6.07) is 0.187. The minimum absolute atomic E-state index is 0.0172. The highest BCUT2D eigenvalue weighted by Crippen LogP contribution is 2.27. The minimum Gasteiger partial charge on any atom is -0.379 e. The van der Waals surface area contributed by atoms with E-state index < -0.39 is 0 Å². The number of carbonyl (C=O) groups is 2. The van der Waals surface area contributed by atoms with Gasteiger partial charge in [-0.05, 0) is 38.5 Å². The topological polar surface area (TPSA) is 83.1 Å². The molecule has 1 saturated carbocycles. The van der Waals surface area contributed by atoms with Crippen molar-refractivity contribution in [1.82, 2.24) is 5.32 Å². The molecule has 1 rings (SSSR count). The molecule has 0 spiro atoms. The van der Waals surface area contributed by atoms with Crippen molar-refractivity contribution in [2.24, 2.45) is 11.8 Å². The van der Waals surface area contributed by atoms with Crippen LogP contribution >= 0.6 is 0 Å². The summed E-state index contributed by atoms with van der Waals surface area (Å²) in [5, 5.41) is 3.07. The SMILES string of the molecule is CCC(CC)OCCOCCOCCOCCC(=O)NC1CCC(C(=O)C(C)C)CC1. The molecule has 182 valence electrons. The smallest absolute Gasteiger partial charge is 0.222 e. The van der Waals surface area contributed by atoms with Crippen LogP contribution < -0.4 is 5.32 Å². The first-order chi connectivity index (χ1) is 15.0. The van der Waals surface area contributed by atoms with Crippen molar-refractivity contribution in [3.05, 3.63) is 0 Å². The number of hydrogen-bond donors (Lipinski definition) is 1. The summed E-state index contributed by atoms with van der Waals surface area (Å²) < 4.78 is 22.1. The molecule has 1 N–H and O–H groups in total.